The molecule has 1 heterocycles. The van der Waals surface area contributed by atoms with E-state index < -0.39 is 0 Å². The second kappa shape index (κ2) is 8.71. The van der Waals surface area contributed by atoms with E-state index in [-0.39, 0.29) is 24.4 Å². The van der Waals surface area contributed by atoms with Gasteiger partial charge in [0.1, 0.15) is 22.2 Å². The van der Waals surface area contributed by atoms with Gasteiger partial charge in [-0.2, -0.15) is 0 Å². The Labute approximate surface area is 145 Å². The Morgan fingerprint density at radius 1 is 1.39 bits per heavy atom. The molecule has 1 unspecified atom stereocenters. The zero-order valence-corrected chi connectivity index (χ0v) is 14.8. The largest absolute Gasteiger partial charge is 0.497 e. The molecule has 1 aromatic carbocycles. The van der Waals surface area contributed by atoms with Crippen LogP contribution in [0.15, 0.2) is 23.6 Å². The maximum Gasteiger partial charge on any atom is 0.271 e. The number of nitrogens with zero attached hydrogens (tertiary/aromatic N) is 1. The maximum atomic E-state index is 12.2. The maximum absolute atomic E-state index is 12.2. The third-order valence-corrected chi connectivity index (χ3v) is 4.08. The highest BCUT2D eigenvalue weighted by Gasteiger charge is 2.17. The van der Waals surface area contributed by atoms with Crippen LogP contribution >= 0.6 is 23.7 Å². The zero-order chi connectivity index (χ0) is 16.1. The third kappa shape index (κ3) is 4.57. The van der Waals surface area contributed by atoms with E-state index in [0.29, 0.717) is 23.7 Å². The molecule has 0 bridgehead atoms. The first kappa shape index (κ1) is 19.2. The minimum absolute atomic E-state index is 0. The Morgan fingerprint density at radius 3 is 2.70 bits per heavy atom. The second-order valence-electron chi connectivity index (χ2n) is 4.63. The predicted octanol–water partition coefficient (Wildman–Crippen LogP) is 2.53. The van der Waals surface area contributed by atoms with Crippen LogP contribution < -0.4 is 20.5 Å². The van der Waals surface area contributed by atoms with Crippen molar-refractivity contribution >= 4 is 29.7 Å². The summed E-state index contributed by atoms with van der Waals surface area (Å²) in [4.78, 5) is 16.4. The summed E-state index contributed by atoms with van der Waals surface area (Å²) in [6, 6.07) is 5.22. The van der Waals surface area contributed by atoms with E-state index in [4.69, 9.17) is 15.2 Å². The number of benzene rings is 1. The Morgan fingerprint density at radius 2 is 2.13 bits per heavy atom. The van der Waals surface area contributed by atoms with Gasteiger partial charge in [-0.05, 0) is 25.1 Å². The standard InChI is InChI=1S/C15H19N3O3S.ClH/c1-9(11-6-10(20-2)4-5-13(11)21-3)17-15(19)12-8-22-14(7-16)18-12;/h4-6,8-9H,7,16H2,1-3H3,(H,17,19);1H. The normalized spacial score (nSPS) is 11.3. The van der Waals surface area contributed by atoms with Crippen molar-refractivity contribution in [3.05, 3.63) is 39.8 Å². The van der Waals surface area contributed by atoms with E-state index in [1.807, 2.05) is 25.1 Å². The van der Waals surface area contributed by atoms with Crippen LogP contribution in [0.1, 0.15) is 34.0 Å². The van der Waals surface area contributed by atoms with Crippen molar-refractivity contribution in [1.82, 2.24) is 10.3 Å². The Bertz CT molecular complexity index is 663. The number of hydrogen-bond acceptors (Lipinski definition) is 6. The number of carbonyl (C=O) groups excluding carboxylic acids is 1. The molecule has 0 saturated carbocycles. The Hall–Kier alpha value is -1.83. The number of aromatic nitrogens is 1. The van der Waals surface area contributed by atoms with E-state index in [1.54, 1.807) is 19.6 Å². The smallest absolute Gasteiger partial charge is 0.271 e. The molecule has 3 N–H and O–H groups in total. The molecule has 0 aliphatic rings. The van der Waals surface area contributed by atoms with Crippen molar-refractivity contribution in [2.24, 2.45) is 5.73 Å². The summed E-state index contributed by atoms with van der Waals surface area (Å²) in [5.74, 6) is 1.15. The molecule has 6 nitrogen and oxygen atoms in total. The molecular weight excluding hydrogens is 338 g/mol. The van der Waals surface area contributed by atoms with Crippen molar-refractivity contribution < 1.29 is 14.3 Å². The van der Waals surface area contributed by atoms with Crippen LogP contribution in [-0.2, 0) is 6.54 Å². The van der Waals surface area contributed by atoms with E-state index in [1.165, 1.54) is 11.3 Å². The lowest BCUT2D eigenvalue weighted by Crippen LogP contribution is -2.27. The lowest BCUT2D eigenvalue weighted by atomic mass is 10.1. The molecule has 0 radical (unpaired) electrons. The van der Waals surface area contributed by atoms with E-state index in [0.717, 1.165) is 10.6 Å². The minimum Gasteiger partial charge on any atom is -0.497 e. The van der Waals surface area contributed by atoms with Crippen molar-refractivity contribution in [3.8, 4) is 11.5 Å². The van der Waals surface area contributed by atoms with Gasteiger partial charge in [-0.25, -0.2) is 4.98 Å². The number of amides is 1. The number of methoxy groups -OCH3 is 2. The molecule has 0 spiro atoms. The zero-order valence-electron chi connectivity index (χ0n) is 13.2. The second-order valence-corrected chi connectivity index (χ2v) is 5.58. The van der Waals surface area contributed by atoms with Crippen LogP contribution in [0.4, 0.5) is 0 Å². The molecule has 1 aromatic heterocycles. The van der Waals surface area contributed by atoms with E-state index in [2.05, 4.69) is 10.3 Å². The van der Waals surface area contributed by atoms with E-state index >= 15 is 0 Å². The summed E-state index contributed by atoms with van der Waals surface area (Å²) in [5.41, 5.74) is 6.72. The van der Waals surface area contributed by atoms with Crippen LogP contribution in [0.2, 0.25) is 0 Å². The van der Waals surface area contributed by atoms with Crippen LogP contribution in [-0.4, -0.2) is 25.1 Å². The average molecular weight is 358 g/mol. The SMILES string of the molecule is COc1ccc(OC)c(C(C)NC(=O)c2csc(CN)n2)c1.Cl. The molecule has 0 fully saturated rings. The number of hydrogen-bond donors (Lipinski definition) is 2. The number of nitrogens with one attached hydrogen (secondary N) is 1. The van der Waals surface area contributed by atoms with Crippen molar-refractivity contribution in [2.45, 2.75) is 19.5 Å². The van der Waals surface area contributed by atoms with Crippen molar-refractivity contribution in [2.75, 3.05) is 14.2 Å². The lowest BCUT2D eigenvalue weighted by molar-refractivity contribution is 0.0935. The van der Waals surface area contributed by atoms with Crippen LogP contribution in [0.3, 0.4) is 0 Å². The van der Waals surface area contributed by atoms with Gasteiger partial charge in [-0.15, -0.1) is 23.7 Å². The highest BCUT2D eigenvalue weighted by molar-refractivity contribution is 7.09. The van der Waals surface area contributed by atoms with Crippen LogP contribution in [0.5, 0.6) is 11.5 Å². The quantitative estimate of drug-likeness (QED) is 0.829. The lowest BCUT2D eigenvalue weighted by Gasteiger charge is -2.17. The predicted molar refractivity (Wildman–Crippen MR) is 92.7 cm³/mol. The first-order valence-electron chi connectivity index (χ1n) is 6.76. The molecule has 0 aliphatic heterocycles. The number of thiazole rings is 1. The molecule has 1 amide bonds. The highest BCUT2D eigenvalue weighted by atomic mass is 35.5. The van der Waals surface area contributed by atoms with Gasteiger partial charge < -0.3 is 20.5 Å². The van der Waals surface area contributed by atoms with Crippen molar-refractivity contribution in [3.63, 3.8) is 0 Å². The van der Waals surface area contributed by atoms with Crippen LogP contribution in [0.25, 0.3) is 0 Å². The van der Waals surface area contributed by atoms with Gasteiger partial charge in [0.2, 0.25) is 0 Å². The van der Waals surface area contributed by atoms with E-state index in [9.17, 15) is 4.79 Å². The molecule has 126 valence electrons. The fourth-order valence-corrected chi connectivity index (χ4v) is 2.69. The summed E-state index contributed by atoms with van der Waals surface area (Å²) in [6.07, 6.45) is 0. The summed E-state index contributed by atoms with van der Waals surface area (Å²) in [7, 11) is 3.19. The average Bonchev–Trinajstić information content (AvgIpc) is 3.03. The fourth-order valence-electron chi connectivity index (χ4n) is 2.04. The van der Waals surface area contributed by atoms with Gasteiger partial charge >= 0.3 is 0 Å². The van der Waals surface area contributed by atoms with Crippen LogP contribution in [0, 0.1) is 0 Å². The number of rotatable bonds is 6. The summed E-state index contributed by atoms with van der Waals surface area (Å²) in [6.45, 7) is 2.21. The molecule has 0 aliphatic carbocycles. The number of nitrogens with two attached hydrogens (primary N) is 1. The first-order chi connectivity index (χ1) is 10.6. The fraction of sp³-hybridized carbons (Fsp3) is 0.333. The van der Waals surface area contributed by atoms with Gasteiger partial charge in [0.15, 0.2) is 0 Å². The Kier molecular flexibility index (Phi) is 7.28. The van der Waals surface area contributed by atoms with Crippen molar-refractivity contribution in [1.29, 1.82) is 0 Å². The molecule has 1 atom stereocenters. The Balaban J connectivity index is 0.00000264. The van der Waals surface area contributed by atoms with Gasteiger partial charge in [0, 0.05) is 17.5 Å². The van der Waals surface area contributed by atoms with Gasteiger partial charge in [-0.3, -0.25) is 4.79 Å². The summed E-state index contributed by atoms with van der Waals surface area (Å²) < 4.78 is 10.6. The molecule has 2 rings (SSSR count). The molecular formula is C15H20ClN3O3S. The van der Waals surface area contributed by atoms with Gasteiger partial charge in [-0.1, -0.05) is 0 Å². The van der Waals surface area contributed by atoms with Gasteiger partial charge in [0.25, 0.3) is 5.91 Å². The number of carbonyl (C=O) groups is 1. The topological polar surface area (TPSA) is 86.5 Å². The third-order valence-electron chi connectivity index (χ3n) is 3.21. The summed E-state index contributed by atoms with van der Waals surface area (Å²) >= 11 is 1.37. The number of halogens is 1. The van der Waals surface area contributed by atoms with Gasteiger partial charge in [0.05, 0.1) is 20.3 Å². The molecule has 2 aromatic rings. The molecule has 8 heteroatoms. The first-order valence-corrected chi connectivity index (χ1v) is 7.64. The summed E-state index contributed by atoms with van der Waals surface area (Å²) in [5, 5.41) is 5.34. The highest BCUT2D eigenvalue weighted by Crippen LogP contribution is 2.29. The monoisotopic (exact) mass is 357 g/mol. The molecule has 0 saturated heterocycles. The number of ether oxygens (including phenoxy) is 2. The molecule has 23 heavy (non-hydrogen) atoms. The minimum atomic E-state index is -0.249.